The first-order valence-corrected chi connectivity index (χ1v) is 12.3. The molecule has 4 aromatic rings. The van der Waals surface area contributed by atoms with Crippen LogP contribution >= 0.6 is 31.9 Å². The van der Waals surface area contributed by atoms with Gasteiger partial charge in [-0.15, -0.1) is 0 Å². The first-order valence-electron chi connectivity index (χ1n) is 10.7. The van der Waals surface area contributed by atoms with Crippen LogP contribution in [0.15, 0.2) is 98.5 Å². The average molecular weight is 608 g/mol. The van der Waals surface area contributed by atoms with Gasteiger partial charge >= 0.3 is 5.97 Å². The summed E-state index contributed by atoms with van der Waals surface area (Å²) in [5.74, 6) is 0.303. The second-order valence-corrected chi connectivity index (χ2v) is 9.60. The molecule has 36 heavy (non-hydrogen) atoms. The van der Waals surface area contributed by atoms with E-state index in [1.54, 1.807) is 18.2 Å². The second kappa shape index (κ2) is 10.0. The van der Waals surface area contributed by atoms with E-state index < -0.39 is 10.9 Å². The molecule has 178 valence electrons. The number of hydrogen-bond acceptors (Lipinski definition) is 6. The van der Waals surface area contributed by atoms with E-state index in [0.717, 1.165) is 21.9 Å². The van der Waals surface area contributed by atoms with Crippen molar-refractivity contribution in [3.05, 3.63) is 120 Å². The van der Waals surface area contributed by atoms with Crippen molar-refractivity contribution in [3.8, 4) is 5.75 Å². The fourth-order valence-corrected chi connectivity index (χ4v) is 5.22. The fourth-order valence-electron chi connectivity index (χ4n) is 3.76. The Morgan fingerprint density at radius 1 is 0.972 bits per heavy atom. The number of nitro groups is 1. The van der Waals surface area contributed by atoms with Gasteiger partial charge in [0.05, 0.1) is 13.9 Å². The summed E-state index contributed by atoms with van der Waals surface area (Å²) in [5.41, 5.74) is 2.47. The molecule has 0 saturated heterocycles. The van der Waals surface area contributed by atoms with Crippen LogP contribution in [-0.4, -0.2) is 16.8 Å². The zero-order chi connectivity index (χ0) is 25.2. The van der Waals surface area contributed by atoms with Gasteiger partial charge in [-0.25, -0.2) is 9.79 Å². The maximum absolute atomic E-state index is 12.6. The smallest absolute Gasteiger partial charge is 0.363 e. The van der Waals surface area contributed by atoms with E-state index in [1.807, 2.05) is 54.6 Å². The lowest BCUT2D eigenvalue weighted by molar-refractivity contribution is -0.384. The lowest BCUT2D eigenvalue weighted by Crippen LogP contribution is -2.05. The second-order valence-electron chi connectivity index (χ2n) is 7.89. The molecule has 5 rings (SSSR count). The highest BCUT2D eigenvalue weighted by Crippen LogP contribution is 2.36. The minimum absolute atomic E-state index is 0.0233. The summed E-state index contributed by atoms with van der Waals surface area (Å²) in [5, 5.41) is 12.8. The van der Waals surface area contributed by atoms with Crippen molar-refractivity contribution in [2.24, 2.45) is 4.99 Å². The van der Waals surface area contributed by atoms with Crippen LogP contribution in [0.25, 0.3) is 16.8 Å². The number of nitro benzene ring substituents is 1. The number of nitrogens with zero attached hydrogens (tertiary/aromatic N) is 2. The molecule has 0 bridgehead atoms. The standard InChI is InChI=1S/C27H16Br2N2O5/c28-22-12-17(13-23(29)25(22)35-15-16-8-10-19(11-9-16)31(33)34)14-24-27(32)36-26(30-24)21-7-3-5-18-4-1-2-6-20(18)21/h1-14H,15H2/b24-14-. The number of esters is 1. The number of aliphatic imine (C=N–C) groups is 1. The molecule has 0 aromatic heterocycles. The van der Waals surface area contributed by atoms with Crippen molar-refractivity contribution in [1.29, 1.82) is 0 Å². The average Bonchev–Trinajstić information content (AvgIpc) is 3.23. The van der Waals surface area contributed by atoms with Crippen molar-refractivity contribution >= 4 is 66.3 Å². The highest BCUT2D eigenvalue weighted by molar-refractivity contribution is 9.11. The summed E-state index contributed by atoms with van der Waals surface area (Å²) in [6, 6.07) is 23.4. The molecule has 0 aliphatic carbocycles. The van der Waals surface area contributed by atoms with Gasteiger partial charge in [-0.1, -0.05) is 36.4 Å². The molecule has 0 unspecified atom stereocenters. The number of non-ortho nitro benzene ring substituents is 1. The number of carbonyl (C=O) groups is 1. The summed E-state index contributed by atoms with van der Waals surface area (Å²) in [4.78, 5) is 27.4. The van der Waals surface area contributed by atoms with Crippen LogP contribution in [0.5, 0.6) is 5.75 Å². The summed E-state index contributed by atoms with van der Waals surface area (Å²) in [7, 11) is 0. The van der Waals surface area contributed by atoms with Gasteiger partial charge in [0.25, 0.3) is 5.69 Å². The largest absolute Gasteiger partial charge is 0.487 e. The van der Waals surface area contributed by atoms with E-state index in [1.165, 1.54) is 12.1 Å². The minimum atomic E-state index is -0.524. The third-order valence-electron chi connectivity index (χ3n) is 5.49. The number of cyclic esters (lactones) is 1. The first-order chi connectivity index (χ1) is 17.4. The number of rotatable bonds is 6. The molecule has 1 aliphatic rings. The molecule has 0 atom stereocenters. The minimum Gasteiger partial charge on any atom is -0.487 e. The molecule has 0 radical (unpaired) electrons. The monoisotopic (exact) mass is 606 g/mol. The summed E-state index contributed by atoms with van der Waals surface area (Å²) in [6.45, 7) is 0.223. The Morgan fingerprint density at radius 2 is 1.67 bits per heavy atom. The Balaban J connectivity index is 1.38. The maximum atomic E-state index is 12.6. The molecular formula is C27H16Br2N2O5. The predicted molar refractivity (Wildman–Crippen MR) is 144 cm³/mol. The van der Waals surface area contributed by atoms with Crippen LogP contribution in [0.2, 0.25) is 0 Å². The van der Waals surface area contributed by atoms with Gasteiger partial charge < -0.3 is 9.47 Å². The summed E-state index contributed by atoms with van der Waals surface area (Å²) < 4.78 is 12.7. The van der Waals surface area contributed by atoms with Crippen molar-refractivity contribution in [2.45, 2.75) is 6.61 Å². The summed E-state index contributed by atoms with van der Waals surface area (Å²) in [6.07, 6.45) is 1.65. The van der Waals surface area contributed by atoms with Gasteiger partial charge in [0, 0.05) is 17.7 Å². The Hall–Kier alpha value is -3.82. The molecule has 1 aliphatic heterocycles. The molecule has 0 fully saturated rings. The number of fused-ring (bicyclic) bond motifs is 1. The molecule has 1 heterocycles. The number of halogens is 2. The molecule has 4 aromatic carbocycles. The van der Waals surface area contributed by atoms with Crippen LogP contribution in [0.4, 0.5) is 5.69 Å². The highest BCUT2D eigenvalue weighted by atomic mass is 79.9. The molecule has 9 heteroatoms. The lowest BCUT2D eigenvalue weighted by Gasteiger charge is -2.11. The zero-order valence-corrected chi connectivity index (χ0v) is 21.7. The number of carbonyl (C=O) groups excluding carboxylic acids is 1. The Kier molecular flexibility index (Phi) is 6.67. The van der Waals surface area contributed by atoms with Gasteiger partial charge in [-0.2, -0.15) is 0 Å². The van der Waals surface area contributed by atoms with Crippen LogP contribution in [0.1, 0.15) is 16.7 Å². The van der Waals surface area contributed by atoms with E-state index in [-0.39, 0.29) is 23.9 Å². The van der Waals surface area contributed by atoms with E-state index in [4.69, 9.17) is 9.47 Å². The van der Waals surface area contributed by atoms with E-state index >= 15 is 0 Å². The number of hydrogen-bond donors (Lipinski definition) is 0. The maximum Gasteiger partial charge on any atom is 0.363 e. The zero-order valence-electron chi connectivity index (χ0n) is 18.5. The van der Waals surface area contributed by atoms with Crippen LogP contribution in [0, 0.1) is 10.1 Å². The summed E-state index contributed by atoms with van der Waals surface area (Å²) >= 11 is 7.03. The van der Waals surface area contributed by atoms with Crippen molar-refractivity contribution in [2.75, 3.05) is 0 Å². The normalized spacial score (nSPS) is 14.1. The quantitative estimate of drug-likeness (QED) is 0.100. The van der Waals surface area contributed by atoms with Gasteiger partial charge in [-0.05, 0) is 90.2 Å². The Bertz CT molecular complexity index is 1550. The molecule has 0 saturated carbocycles. The molecule has 0 amide bonds. The van der Waals surface area contributed by atoms with Gasteiger partial charge in [-0.3, -0.25) is 10.1 Å². The Morgan fingerprint density at radius 3 is 2.39 bits per heavy atom. The molecular weight excluding hydrogens is 592 g/mol. The third-order valence-corrected chi connectivity index (χ3v) is 6.67. The molecule has 0 N–H and O–H groups in total. The van der Waals surface area contributed by atoms with Crippen LogP contribution in [-0.2, 0) is 16.1 Å². The third kappa shape index (κ3) is 4.93. The number of ether oxygens (including phenoxy) is 2. The first kappa shape index (κ1) is 23.9. The van der Waals surface area contributed by atoms with E-state index in [9.17, 15) is 14.9 Å². The van der Waals surface area contributed by atoms with Crippen LogP contribution < -0.4 is 4.74 Å². The number of benzene rings is 4. The van der Waals surface area contributed by atoms with Crippen molar-refractivity contribution in [3.63, 3.8) is 0 Å². The van der Waals surface area contributed by atoms with Crippen LogP contribution in [0.3, 0.4) is 0 Å². The van der Waals surface area contributed by atoms with E-state index in [0.29, 0.717) is 20.3 Å². The van der Waals surface area contributed by atoms with Gasteiger partial charge in [0.1, 0.15) is 12.4 Å². The van der Waals surface area contributed by atoms with Crippen molar-refractivity contribution < 1.29 is 19.2 Å². The SMILES string of the molecule is O=C1OC(c2cccc3ccccc23)=N/C1=C\c1cc(Br)c(OCc2ccc([N+](=O)[O-])cc2)c(Br)c1. The molecule has 0 spiro atoms. The van der Waals surface area contributed by atoms with E-state index in [2.05, 4.69) is 36.9 Å². The van der Waals surface area contributed by atoms with Crippen molar-refractivity contribution in [1.82, 2.24) is 0 Å². The Labute approximate surface area is 222 Å². The molecule has 7 nitrogen and oxygen atoms in total. The van der Waals surface area contributed by atoms with Gasteiger partial charge in [0.2, 0.25) is 5.90 Å². The highest BCUT2D eigenvalue weighted by Gasteiger charge is 2.25. The fraction of sp³-hybridized carbons (Fsp3) is 0.0370. The predicted octanol–water partition coefficient (Wildman–Crippen LogP) is 7.20. The van der Waals surface area contributed by atoms with Gasteiger partial charge in [0.15, 0.2) is 5.70 Å². The topological polar surface area (TPSA) is 91.0 Å². The lowest BCUT2D eigenvalue weighted by atomic mass is 10.0.